The van der Waals surface area contributed by atoms with E-state index in [1.807, 2.05) is 33.3 Å². The number of allylic oxidation sites excluding steroid dienone is 13. The summed E-state index contributed by atoms with van der Waals surface area (Å²) in [6.07, 6.45) is 74.1. The maximum Gasteiger partial charge on any atom is 0.306 e. The topological polar surface area (TPSA) is 114 Å². The number of carbonyl (C=O) groups excluding carboxylic acids is 2. The summed E-state index contributed by atoms with van der Waals surface area (Å²) in [6, 6.07) is -0.905. The van der Waals surface area contributed by atoms with Crippen LogP contribution in [0, 0.1) is 0 Å². The molecule has 0 aromatic carbocycles. The van der Waals surface area contributed by atoms with E-state index in [0.717, 1.165) is 103 Å². The minimum Gasteiger partial charge on any atom is -0.756 e. The molecule has 0 aromatic rings. The molecule has 0 rings (SSSR count). The molecule has 1 N–H and O–H groups in total. The molecule has 0 spiro atoms. The number of hydrogen-bond acceptors (Lipinski definition) is 7. The minimum atomic E-state index is -4.71. The molecular weight excluding hydrogens is 976 g/mol. The largest absolute Gasteiger partial charge is 0.756 e. The van der Waals surface area contributed by atoms with Crippen molar-refractivity contribution < 1.29 is 37.3 Å². The molecule has 0 aliphatic rings. The number of amides is 1. The fourth-order valence-corrected chi connectivity index (χ4v) is 9.55. The van der Waals surface area contributed by atoms with E-state index in [2.05, 4.69) is 99.0 Å². The Morgan fingerprint density at radius 1 is 0.455 bits per heavy atom. The Morgan fingerprint density at radius 3 is 1.21 bits per heavy atom. The average Bonchev–Trinajstić information content (AvgIpc) is 3.39. The van der Waals surface area contributed by atoms with Crippen LogP contribution in [0.5, 0.6) is 0 Å². The maximum atomic E-state index is 13.5. The fraction of sp³-hybridized carbons (Fsp3) is 0.761. The lowest BCUT2D eigenvalue weighted by atomic mass is 10.0. The van der Waals surface area contributed by atoms with Crippen molar-refractivity contribution in [3.8, 4) is 0 Å². The molecule has 77 heavy (non-hydrogen) atoms. The van der Waals surface area contributed by atoms with Gasteiger partial charge in [-0.05, 0) is 109 Å². The number of hydrogen-bond donors (Lipinski definition) is 1. The Balaban J connectivity index is 5.20. The van der Waals surface area contributed by atoms with E-state index in [-0.39, 0.29) is 31.3 Å². The van der Waals surface area contributed by atoms with Crippen LogP contribution < -0.4 is 10.2 Å². The third-order valence-electron chi connectivity index (χ3n) is 13.8. The Bertz CT molecular complexity index is 1590. The van der Waals surface area contributed by atoms with Crippen molar-refractivity contribution in [2.24, 2.45) is 0 Å². The summed E-state index contributed by atoms with van der Waals surface area (Å²) in [5.41, 5.74) is 0. The van der Waals surface area contributed by atoms with E-state index in [1.54, 1.807) is 0 Å². The highest BCUT2D eigenvalue weighted by molar-refractivity contribution is 7.45. The summed E-state index contributed by atoms with van der Waals surface area (Å²) in [4.78, 5) is 40.0. The molecule has 3 atom stereocenters. The molecule has 0 bridgehead atoms. The molecular formula is C67H121N2O7P. The summed E-state index contributed by atoms with van der Waals surface area (Å²) < 4.78 is 30.3. The first kappa shape index (κ1) is 74.2. The lowest BCUT2D eigenvalue weighted by Gasteiger charge is -2.30. The highest BCUT2D eigenvalue weighted by atomic mass is 31.2. The highest BCUT2D eigenvalue weighted by Crippen LogP contribution is 2.38. The second-order valence-corrected chi connectivity index (χ2v) is 24.0. The van der Waals surface area contributed by atoms with Gasteiger partial charge in [0, 0.05) is 12.8 Å². The zero-order valence-electron chi connectivity index (χ0n) is 50.9. The van der Waals surface area contributed by atoms with Gasteiger partial charge < -0.3 is 28.5 Å². The average molecular weight is 1100 g/mol. The SMILES string of the molecule is CCCCC/C=C\C/C=C\C/C=C\CCCCCCCCCCCCC(=O)OC(/C=C\CCCCCCCCCCC)C(COP(=O)([O-])OCC[N+](C)(C)C)NC(=O)CCCCCC/C=C\C/C=C\C/C=C\CCCCC. The third-order valence-corrected chi connectivity index (χ3v) is 14.8. The smallest absolute Gasteiger partial charge is 0.306 e. The van der Waals surface area contributed by atoms with Crippen molar-refractivity contribution in [3.05, 3.63) is 85.1 Å². The van der Waals surface area contributed by atoms with E-state index in [0.29, 0.717) is 17.4 Å². The second-order valence-electron chi connectivity index (χ2n) is 22.6. The van der Waals surface area contributed by atoms with Gasteiger partial charge in [0.25, 0.3) is 7.82 Å². The first-order chi connectivity index (χ1) is 37.4. The van der Waals surface area contributed by atoms with Crippen LogP contribution >= 0.6 is 7.82 Å². The number of esters is 1. The van der Waals surface area contributed by atoms with Gasteiger partial charge in [0.2, 0.25) is 5.91 Å². The quantitative estimate of drug-likeness (QED) is 0.0212. The number of nitrogens with zero attached hydrogens (tertiary/aromatic N) is 1. The van der Waals surface area contributed by atoms with E-state index in [4.69, 9.17) is 13.8 Å². The van der Waals surface area contributed by atoms with E-state index < -0.39 is 26.6 Å². The van der Waals surface area contributed by atoms with Crippen LogP contribution in [0.25, 0.3) is 0 Å². The number of quaternary nitrogens is 1. The van der Waals surface area contributed by atoms with Gasteiger partial charge in [-0.3, -0.25) is 14.2 Å². The minimum absolute atomic E-state index is 0.0307. The van der Waals surface area contributed by atoms with Gasteiger partial charge in [-0.1, -0.05) is 241 Å². The zero-order valence-corrected chi connectivity index (χ0v) is 51.8. The first-order valence-corrected chi connectivity index (χ1v) is 33.4. The number of ether oxygens (including phenoxy) is 1. The Labute approximate surface area is 476 Å². The van der Waals surface area contributed by atoms with Crippen LogP contribution in [-0.2, 0) is 27.9 Å². The van der Waals surface area contributed by atoms with Gasteiger partial charge in [0.05, 0.1) is 33.8 Å². The molecule has 0 fully saturated rings. The Morgan fingerprint density at radius 2 is 0.792 bits per heavy atom. The molecule has 0 aromatic heterocycles. The van der Waals surface area contributed by atoms with Gasteiger partial charge in [-0.15, -0.1) is 0 Å². The van der Waals surface area contributed by atoms with Crippen molar-refractivity contribution in [3.63, 3.8) is 0 Å². The van der Waals surface area contributed by atoms with Gasteiger partial charge >= 0.3 is 5.97 Å². The molecule has 0 radical (unpaired) electrons. The lowest BCUT2D eigenvalue weighted by Crippen LogP contribution is -2.47. The number of rotatable bonds is 57. The molecule has 9 nitrogen and oxygen atoms in total. The number of likely N-dealkylation sites (N-methyl/N-ethyl adjacent to an activating group) is 1. The van der Waals surface area contributed by atoms with Crippen molar-refractivity contribution in [1.29, 1.82) is 0 Å². The van der Waals surface area contributed by atoms with Gasteiger partial charge in [-0.25, -0.2) is 0 Å². The number of nitrogens with one attached hydrogen (secondary N) is 1. The van der Waals surface area contributed by atoms with Crippen LogP contribution in [-0.4, -0.2) is 69.4 Å². The molecule has 446 valence electrons. The highest BCUT2D eigenvalue weighted by Gasteiger charge is 2.27. The molecule has 0 heterocycles. The van der Waals surface area contributed by atoms with Crippen LogP contribution in [0.1, 0.15) is 278 Å². The van der Waals surface area contributed by atoms with Crippen molar-refractivity contribution >= 4 is 19.7 Å². The lowest BCUT2D eigenvalue weighted by molar-refractivity contribution is -0.870. The summed E-state index contributed by atoms with van der Waals surface area (Å²) in [6.45, 7) is 6.76. The van der Waals surface area contributed by atoms with E-state index in [1.165, 1.54) is 135 Å². The molecule has 10 heteroatoms. The molecule has 1 amide bonds. The van der Waals surface area contributed by atoms with Crippen molar-refractivity contribution in [2.75, 3.05) is 40.9 Å². The Kier molecular flexibility index (Phi) is 54.4. The Hall–Kier alpha value is -2.81. The summed E-state index contributed by atoms with van der Waals surface area (Å²) >= 11 is 0. The summed E-state index contributed by atoms with van der Waals surface area (Å²) in [5, 5.41) is 3.01. The number of unbranched alkanes of at least 4 members (excludes halogenated alkanes) is 29. The first-order valence-electron chi connectivity index (χ1n) is 31.9. The van der Waals surface area contributed by atoms with Crippen LogP contribution in [0.3, 0.4) is 0 Å². The predicted molar refractivity (Wildman–Crippen MR) is 330 cm³/mol. The monoisotopic (exact) mass is 1100 g/mol. The predicted octanol–water partition coefficient (Wildman–Crippen LogP) is 19.1. The van der Waals surface area contributed by atoms with Gasteiger partial charge in [0.1, 0.15) is 19.3 Å². The summed E-state index contributed by atoms with van der Waals surface area (Å²) in [5.74, 6) is -0.571. The van der Waals surface area contributed by atoms with Gasteiger partial charge in [0.15, 0.2) is 0 Å². The fourth-order valence-electron chi connectivity index (χ4n) is 8.83. The van der Waals surface area contributed by atoms with Crippen molar-refractivity contribution in [1.82, 2.24) is 5.32 Å². The second kappa shape index (κ2) is 56.5. The standard InChI is InChI=1S/C67H121N2O7P/c1-7-10-13-16-19-22-25-27-29-31-32-33-34-35-36-38-40-42-45-48-51-54-57-60-67(71)76-65(58-55-52-49-46-43-24-21-18-15-12-9-3)64(63-75-77(72,73)74-62-61-69(4,5)6)68-66(70)59-56-53-50-47-44-41-39-37-30-28-26-23-20-17-14-11-8-2/h19-20,22-23,27-30,32-33,39,41,55,58,64-65H,7-18,21,24-26,31,34-38,40,42-54,56-57,59-63H2,1-6H3,(H-,68,70,72,73)/b22-19-,23-20-,29-27-,30-28-,33-32-,41-39-,58-55-. The van der Waals surface area contributed by atoms with Crippen molar-refractivity contribution in [2.45, 2.75) is 290 Å². The molecule has 0 saturated carbocycles. The normalized spacial score (nSPS) is 14.2. The van der Waals surface area contributed by atoms with Crippen LogP contribution in [0.2, 0.25) is 0 Å². The number of phosphoric ester groups is 1. The maximum absolute atomic E-state index is 13.5. The third kappa shape index (κ3) is 57.7. The summed E-state index contributed by atoms with van der Waals surface area (Å²) in [7, 11) is 1.16. The van der Waals surface area contributed by atoms with E-state index >= 15 is 0 Å². The molecule has 0 aliphatic carbocycles. The van der Waals surface area contributed by atoms with E-state index in [9.17, 15) is 19.0 Å². The molecule has 0 saturated heterocycles. The number of phosphoric acid groups is 1. The number of carbonyl (C=O) groups is 2. The molecule has 0 aliphatic heterocycles. The van der Waals surface area contributed by atoms with Gasteiger partial charge in [-0.2, -0.15) is 0 Å². The zero-order chi connectivity index (χ0) is 56.4. The van der Waals surface area contributed by atoms with Crippen LogP contribution in [0.4, 0.5) is 0 Å². The van der Waals surface area contributed by atoms with Crippen LogP contribution in [0.15, 0.2) is 85.1 Å². The molecule has 3 unspecified atom stereocenters.